The quantitative estimate of drug-likeness (QED) is 0.811. The molecule has 1 aromatic carbocycles. The molecule has 6 heteroatoms. The minimum Gasteiger partial charge on any atom is -0.492 e. The van der Waals surface area contributed by atoms with E-state index in [-0.39, 0.29) is 5.69 Å². The number of aromatic nitrogens is 2. The molecular formula is C14H13ClN2O3. The molecule has 0 bridgehead atoms. The molecule has 0 saturated heterocycles. The fourth-order valence-corrected chi connectivity index (χ4v) is 1.97. The Bertz CT molecular complexity index is 710. The van der Waals surface area contributed by atoms with Crippen LogP contribution >= 0.6 is 11.6 Å². The Morgan fingerprint density at radius 3 is 2.75 bits per heavy atom. The number of rotatable bonds is 4. The van der Waals surface area contributed by atoms with Gasteiger partial charge in [-0.2, -0.15) is 5.10 Å². The molecule has 0 radical (unpaired) electrons. The summed E-state index contributed by atoms with van der Waals surface area (Å²) in [6, 6.07) is 8.56. The van der Waals surface area contributed by atoms with E-state index in [2.05, 4.69) is 5.10 Å². The zero-order valence-corrected chi connectivity index (χ0v) is 11.8. The summed E-state index contributed by atoms with van der Waals surface area (Å²) in [6.45, 7) is 4.09. The second-order valence-electron chi connectivity index (χ2n) is 4.08. The number of benzene rings is 1. The van der Waals surface area contributed by atoms with Gasteiger partial charge in [-0.1, -0.05) is 12.1 Å². The molecule has 20 heavy (non-hydrogen) atoms. The summed E-state index contributed by atoms with van der Waals surface area (Å²) in [5, 5.41) is 3.15. The van der Waals surface area contributed by atoms with Gasteiger partial charge in [-0.15, -0.1) is 0 Å². The molecule has 0 saturated carbocycles. The predicted octanol–water partition coefficient (Wildman–Crippen LogP) is 2.32. The van der Waals surface area contributed by atoms with Crippen molar-refractivity contribution in [3.05, 3.63) is 51.9 Å². The van der Waals surface area contributed by atoms with Crippen LogP contribution in [0.3, 0.4) is 0 Å². The van der Waals surface area contributed by atoms with Crippen LogP contribution in [-0.2, 0) is 0 Å². The first-order valence-corrected chi connectivity index (χ1v) is 6.45. The lowest BCUT2D eigenvalue weighted by molar-refractivity contribution is 0.107. The number of carbonyl (C=O) groups is 1. The van der Waals surface area contributed by atoms with E-state index in [0.717, 1.165) is 0 Å². The number of nitrogens with zero attached hydrogens (tertiary/aromatic N) is 2. The highest BCUT2D eigenvalue weighted by Crippen LogP contribution is 2.22. The zero-order chi connectivity index (χ0) is 14.7. The van der Waals surface area contributed by atoms with Gasteiger partial charge < -0.3 is 4.74 Å². The average Bonchev–Trinajstić information content (AvgIpc) is 2.40. The Balaban J connectivity index is 2.67. The van der Waals surface area contributed by atoms with Crippen LogP contribution in [0, 0.1) is 6.92 Å². The van der Waals surface area contributed by atoms with Gasteiger partial charge in [0, 0.05) is 11.8 Å². The summed E-state index contributed by atoms with van der Waals surface area (Å²) in [5.41, 5.74) is 0.436. The van der Waals surface area contributed by atoms with E-state index in [9.17, 15) is 9.59 Å². The van der Waals surface area contributed by atoms with Crippen LogP contribution in [0.25, 0.3) is 5.69 Å². The molecule has 2 aromatic rings. The Labute approximate surface area is 120 Å². The molecule has 2 rings (SSSR count). The molecule has 1 heterocycles. The molecule has 0 N–H and O–H groups in total. The number of para-hydroxylation sites is 2. The lowest BCUT2D eigenvalue weighted by Gasteiger charge is -2.14. The predicted molar refractivity (Wildman–Crippen MR) is 75.9 cm³/mol. The first kappa shape index (κ1) is 14.3. The van der Waals surface area contributed by atoms with Gasteiger partial charge in [0.25, 0.3) is 5.24 Å². The number of hydrogen-bond donors (Lipinski definition) is 0. The van der Waals surface area contributed by atoms with Crippen molar-refractivity contribution in [1.29, 1.82) is 0 Å². The SMILES string of the molecule is CCOc1ccccc1-n1nc(C(=O)Cl)c(=O)cc1C. The van der Waals surface area contributed by atoms with Crippen LogP contribution in [0.1, 0.15) is 23.1 Å². The molecule has 0 spiro atoms. The summed E-state index contributed by atoms with van der Waals surface area (Å²) >= 11 is 5.38. The largest absolute Gasteiger partial charge is 0.492 e. The molecule has 0 unspecified atom stereocenters. The van der Waals surface area contributed by atoms with Crippen LogP contribution in [0.4, 0.5) is 0 Å². The highest BCUT2D eigenvalue weighted by Gasteiger charge is 2.14. The van der Waals surface area contributed by atoms with E-state index >= 15 is 0 Å². The van der Waals surface area contributed by atoms with Gasteiger partial charge in [-0.25, -0.2) is 4.68 Å². The van der Waals surface area contributed by atoms with E-state index in [1.807, 2.05) is 19.1 Å². The normalized spacial score (nSPS) is 10.3. The molecule has 0 aliphatic heterocycles. The lowest BCUT2D eigenvalue weighted by atomic mass is 10.2. The first-order chi connectivity index (χ1) is 9.54. The third-order valence-corrected chi connectivity index (χ3v) is 2.87. The van der Waals surface area contributed by atoms with Crippen molar-refractivity contribution < 1.29 is 9.53 Å². The molecule has 0 amide bonds. The number of halogens is 1. The molecule has 0 aliphatic rings. The number of hydrogen-bond acceptors (Lipinski definition) is 4. The van der Waals surface area contributed by atoms with Gasteiger partial charge in [-0.3, -0.25) is 9.59 Å². The summed E-state index contributed by atoms with van der Waals surface area (Å²) in [7, 11) is 0. The highest BCUT2D eigenvalue weighted by atomic mass is 35.5. The third-order valence-electron chi connectivity index (χ3n) is 2.69. The minimum absolute atomic E-state index is 0.302. The maximum Gasteiger partial charge on any atom is 0.276 e. The van der Waals surface area contributed by atoms with Crippen LogP contribution in [0.2, 0.25) is 0 Å². The second-order valence-corrected chi connectivity index (χ2v) is 4.43. The van der Waals surface area contributed by atoms with Crippen molar-refractivity contribution in [1.82, 2.24) is 9.78 Å². The Morgan fingerprint density at radius 1 is 1.40 bits per heavy atom. The maximum absolute atomic E-state index is 11.7. The van der Waals surface area contributed by atoms with Gasteiger partial charge in [-0.05, 0) is 37.6 Å². The molecule has 0 atom stereocenters. The van der Waals surface area contributed by atoms with E-state index in [1.54, 1.807) is 19.1 Å². The summed E-state index contributed by atoms with van der Waals surface area (Å²) in [4.78, 5) is 22.9. The maximum atomic E-state index is 11.7. The van der Waals surface area contributed by atoms with Gasteiger partial charge in [0.05, 0.1) is 6.61 Å². The topological polar surface area (TPSA) is 61.2 Å². The Kier molecular flexibility index (Phi) is 4.20. The Morgan fingerprint density at radius 2 is 2.10 bits per heavy atom. The van der Waals surface area contributed by atoms with Gasteiger partial charge in [0.15, 0.2) is 5.69 Å². The number of ether oxygens (including phenoxy) is 1. The van der Waals surface area contributed by atoms with E-state index in [4.69, 9.17) is 16.3 Å². The van der Waals surface area contributed by atoms with Gasteiger partial charge in [0.1, 0.15) is 11.4 Å². The van der Waals surface area contributed by atoms with Crippen molar-refractivity contribution in [3.63, 3.8) is 0 Å². The molecule has 1 aromatic heterocycles. The van der Waals surface area contributed by atoms with Crippen LogP contribution in [-0.4, -0.2) is 21.6 Å². The smallest absolute Gasteiger partial charge is 0.276 e. The molecule has 0 fully saturated rings. The summed E-state index contributed by atoms with van der Waals surface area (Å²) in [5.74, 6) is 0.613. The second kappa shape index (κ2) is 5.88. The lowest BCUT2D eigenvalue weighted by Crippen LogP contribution is -2.21. The van der Waals surface area contributed by atoms with Crippen molar-refractivity contribution in [2.75, 3.05) is 6.61 Å². The van der Waals surface area contributed by atoms with Crippen molar-refractivity contribution in [2.45, 2.75) is 13.8 Å². The number of carbonyl (C=O) groups excluding carboxylic acids is 1. The molecular weight excluding hydrogens is 280 g/mol. The van der Waals surface area contributed by atoms with Gasteiger partial charge >= 0.3 is 0 Å². The van der Waals surface area contributed by atoms with Crippen molar-refractivity contribution in [3.8, 4) is 11.4 Å². The van der Waals surface area contributed by atoms with Crippen LogP contribution in [0.5, 0.6) is 5.75 Å². The monoisotopic (exact) mass is 292 g/mol. The number of aryl methyl sites for hydroxylation is 1. The zero-order valence-electron chi connectivity index (χ0n) is 11.1. The molecule has 5 nitrogen and oxygen atoms in total. The third kappa shape index (κ3) is 2.72. The molecule has 104 valence electrons. The first-order valence-electron chi connectivity index (χ1n) is 6.07. The van der Waals surface area contributed by atoms with Crippen molar-refractivity contribution in [2.24, 2.45) is 0 Å². The fourth-order valence-electron chi connectivity index (χ4n) is 1.84. The summed E-state index contributed by atoms with van der Waals surface area (Å²) < 4.78 is 6.99. The van der Waals surface area contributed by atoms with E-state index in [1.165, 1.54) is 10.7 Å². The average molecular weight is 293 g/mol. The van der Waals surface area contributed by atoms with Gasteiger partial charge in [0.2, 0.25) is 5.43 Å². The minimum atomic E-state index is -0.877. The van der Waals surface area contributed by atoms with Crippen LogP contribution in [0.15, 0.2) is 35.1 Å². The fraction of sp³-hybridized carbons (Fsp3) is 0.214. The van der Waals surface area contributed by atoms with E-state index < -0.39 is 10.7 Å². The Hall–Kier alpha value is -2.14. The van der Waals surface area contributed by atoms with E-state index in [0.29, 0.717) is 23.7 Å². The highest BCUT2D eigenvalue weighted by molar-refractivity contribution is 6.67. The standard InChI is InChI=1S/C14H13ClN2O3/c1-3-20-12-7-5-4-6-10(12)17-9(2)8-11(18)13(16-17)14(15)19/h4-8H,3H2,1-2H3. The van der Waals surface area contributed by atoms with Crippen LogP contribution < -0.4 is 10.2 Å². The molecule has 0 aliphatic carbocycles. The summed E-state index contributed by atoms with van der Waals surface area (Å²) in [6.07, 6.45) is 0. The van der Waals surface area contributed by atoms with Crippen molar-refractivity contribution >= 4 is 16.8 Å².